The minimum Gasteiger partial charge on any atom is -0.497 e. The molecule has 0 aliphatic carbocycles. The molecule has 8 heteroatoms. The molecule has 0 unspecified atom stereocenters. The molecule has 0 saturated heterocycles. The maximum atomic E-state index is 10.9. The lowest BCUT2D eigenvalue weighted by atomic mass is 10.2. The third-order valence-electron chi connectivity index (χ3n) is 2.75. The van der Waals surface area contributed by atoms with Gasteiger partial charge in [0.25, 0.3) is 0 Å². The zero-order valence-electron chi connectivity index (χ0n) is 11.0. The van der Waals surface area contributed by atoms with Crippen LogP contribution in [0.4, 0.5) is 22.7 Å². The van der Waals surface area contributed by atoms with E-state index in [2.05, 4.69) is 5.32 Å². The first kappa shape index (κ1) is 14.3. The van der Waals surface area contributed by atoms with Gasteiger partial charge in [-0.1, -0.05) is 0 Å². The molecule has 0 aliphatic heterocycles. The fourth-order valence-corrected chi connectivity index (χ4v) is 1.74. The van der Waals surface area contributed by atoms with Crippen molar-refractivity contribution in [2.75, 3.05) is 12.4 Å². The van der Waals surface area contributed by atoms with E-state index < -0.39 is 21.2 Å². The largest absolute Gasteiger partial charge is 0.497 e. The predicted octanol–water partition coefficient (Wildman–Crippen LogP) is 3.26. The highest BCUT2D eigenvalue weighted by Gasteiger charge is 2.24. The summed E-state index contributed by atoms with van der Waals surface area (Å²) in [5.41, 5.74) is -0.0322. The minimum atomic E-state index is -0.782. The Morgan fingerprint density at radius 1 is 0.905 bits per heavy atom. The third kappa shape index (κ3) is 3.24. The monoisotopic (exact) mass is 289 g/mol. The molecule has 0 fully saturated rings. The number of anilines is 2. The molecule has 2 aromatic carbocycles. The van der Waals surface area contributed by atoms with E-state index in [1.54, 1.807) is 31.4 Å². The van der Waals surface area contributed by atoms with Crippen LogP contribution in [0.5, 0.6) is 5.75 Å². The summed E-state index contributed by atoms with van der Waals surface area (Å²) in [6.07, 6.45) is 0. The van der Waals surface area contributed by atoms with Crippen LogP contribution in [-0.2, 0) is 0 Å². The average Bonchev–Trinajstić information content (AvgIpc) is 2.47. The van der Waals surface area contributed by atoms with E-state index in [0.717, 1.165) is 12.1 Å². The van der Waals surface area contributed by atoms with Gasteiger partial charge in [0.15, 0.2) is 0 Å². The Balaban J connectivity index is 2.29. The van der Waals surface area contributed by atoms with Crippen molar-refractivity contribution in [3.8, 4) is 5.75 Å². The first-order chi connectivity index (χ1) is 10.0. The molecule has 0 heterocycles. The molecule has 2 aromatic rings. The maximum absolute atomic E-state index is 10.9. The van der Waals surface area contributed by atoms with E-state index in [-0.39, 0.29) is 0 Å². The van der Waals surface area contributed by atoms with Gasteiger partial charge in [0.05, 0.1) is 17.0 Å². The molecule has 0 atom stereocenters. The molecular weight excluding hydrogens is 278 g/mol. The summed E-state index contributed by atoms with van der Waals surface area (Å²) in [4.78, 5) is 20.0. The van der Waals surface area contributed by atoms with Gasteiger partial charge in [-0.25, -0.2) is 0 Å². The molecule has 0 aromatic heterocycles. The fourth-order valence-electron chi connectivity index (χ4n) is 1.74. The lowest BCUT2D eigenvalue weighted by molar-refractivity contribution is -0.422. The van der Waals surface area contributed by atoms with Crippen molar-refractivity contribution in [2.24, 2.45) is 0 Å². The lowest BCUT2D eigenvalue weighted by Gasteiger charge is -2.07. The second-order valence-corrected chi connectivity index (χ2v) is 4.07. The maximum Gasteiger partial charge on any atom is 0.348 e. The molecule has 21 heavy (non-hydrogen) atoms. The van der Waals surface area contributed by atoms with Crippen molar-refractivity contribution in [2.45, 2.75) is 0 Å². The Hall–Kier alpha value is -3.16. The van der Waals surface area contributed by atoms with Gasteiger partial charge in [0.1, 0.15) is 5.75 Å². The van der Waals surface area contributed by atoms with Gasteiger partial charge >= 0.3 is 11.4 Å². The Labute approximate surface area is 119 Å². The summed E-state index contributed by atoms with van der Waals surface area (Å²) in [5, 5.41) is 24.5. The number of nitrogens with one attached hydrogen (secondary N) is 1. The van der Waals surface area contributed by atoms with E-state index in [1.807, 2.05) is 0 Å². The second-order valence-electron chi connectivity index (χ2n) is 4.07. The van der Waals surface area contributed by atoms with Crippen LogP contribution in [0.25, 0.3) is 0 Å². The van der Waals surface area contributed by atoms with Crippen LogP contribution in [0.2, 0.25) is 0 Å². The van der Waals surface area contributed by atoms with Crippen LogP contribution in [-0.4, -0.2) is 17.0 Å². The van der Waals surface area contributed by atoms with Gasteiger partial charge in [-0.05, 0) is 30.3 Å². The highest BCUT2D eigenvalue weighted by Crippen LogP contribution is 2.31. The molecule has 108 valence electrons. The van der Waals surface area contributed by atoms with Crippen LogP contribution in [0.1, 0.15) is 0 Å². The minimum absolute atomic E-state index is 0.387. The number of ether oxygens (including phenoxy) is 1. The molecule has 0 spiro atoms. The summed E-state index contributed by atoms with van der Waals surface area (Å²) in [5.74, 6) is 0.676. The first-order valence-electron chi connectivity index (χ1n) is 5.85. The number of nitro benzene ring substituents is 2. The Morgan fingerprint density at radius 2 is 1.48 bits per heavy atom. The predicted molar refractivity (Wildman–Crippen MR) is 76.0 cm³/mol. The number of nitro groups is 2. The standard InChI is InChI=1S/C13H11N3O5/c1-21-11-5-2-9(3-6-11)14-10-4-7-12(15(17)18)13(8-10)16(19)20/h2-8,14H,1H3. The van der Waals surface area contributed by atoms with E-state index in [0.29, 0.717) is 17.1 Å². The van der Waals surface area contributed by atoms with Crippen molar-refractivity contribution in [3.05, 3.63) is 62.7 Å². The number of benzene rings is 2. The van der Waals surface area contributed by atoms with Crippen LogP contribution >= 0.6 is 0 Å². The van der Waals surface area contributed by atoms with Crippen molar-refractivity contribution in [1.29, 1.82) is 0 Å². The Bertz CT molecular complexity index is 685. The van der Waals surface area contributed by atoms with Gasteiger partial charge in [0, 0.05) is 23.5 Å². The zero-order valence-corrected chi connectivity index (χ0v) is 11.0. The molecule has 0 aliphatic rings. The quantitative estimate of drug-likeness (QED) is 0.668. The van der Waals surface area contributed by atoms with E-state index in [9.17, 15) is 20.2 Å². The molecule has 0 saturated carbocycles. The zero-order chi connectivity index (χ0) is 15.4. The fraction of sp³-hybridized carbons (Fsp3) is 0.0769. The van der Waals surface area contributed by atoms with Crippen molar-refractivity contribution in [3.63, 3.8) is 0 Å². The topological polar surface area (TPSA) is 108 Å². The number of hydrogen-bond donors (Lipinski definition) is 1. The number of methoxy groups -OCH3 is 1. The summed E-state index contributed by atoms with van der Waals surface area (Å²) in [6, 6.07) is 10.5. The summed E-state index contributed by atoms with van der Waals surface area (Å²) in [6.45, 7) is 0. The van der Waals surface area contributed by atoms with Crippen molar-refractivity contribution < 1.29 is 14.6 Å². The van der Waals surface area contributed by atoms with Gasteiger partial charge in [-0.3, -0.25) is 20.2 Å². The van der Waals surface area contributed by atoms with Crippen LogP contribution in [0.3, 0.4) is 0 Å². The summed E-state index contributed by atoms with van der Waals surface area (Å²) >= 11 is 0. The van der Waals surface area contributed by atoms with Crippen molar-refractivity contribution in [1.82, 2.24) is 0 Å². The summed E-state index contributed by atoms with van der Waals surface area (Å²) in [7, 11) is 1.54. The van der Waals surface area contributed by atoms with Gasteiger partial charge < -0.3 is 10.1 Å². The second kappa shape index (κ2) is 5.87. The SMILES string of the molecule is COc1ccc(Nc2ccc([N+](=O)[O-])c([N+](=O)[O-])c2)cc1. The Kier molecular flexibility index (Phi) is 3.98. The van der Waals surface area contributed by atoms with Crippen LogP contribution in [0.15, 0.2) is 42.5 Å². The van der Waals surface area contributed by atoms with Gasteiger partial charge in [-0.15, -0.1) is 0 Å². The van der Waals surface area contributed by atoms with E-state index >= 15 is 0 Å². The van der Waals surface area contributed by atoms with Gasteiger partial charge in [-0.2, -0.15) is 0 Å². The van der Waals surface area contributed by atoms with Crippen LogP contribution in [0, 0.1) is 20.2 Å². The molecule has 2 rings (SSSR count). The third-order valence-corrected chi connectivity index (χ3v) is 2.75. The van der Waals surface area contributed by atoms with Crippen molar-refractivity contribution >= 4 is 22.7 Å². The number of nitrogens with zero attached hydrogens (tertiary/aromatic N) is 2. The highest BCUT2D eigenvalue weighted by molar-refractivity contribution is 5.67. The molecule has 8 nitrogen and oxygen atoms in total. The molecule has 1 N–H and O–H groups in total. The van der Waals surface area contributed by atoms with Crippen LogP contribution < -0.4 is 10.1 Å². The van der Waals surface area contributed by atoms with E-state index in [1.165, 1.54) is 6.07 Å². The lowest BCUT2D eigenvalue weighted by Crippen LogP contribution is -1.98. The Morgan fingerprint density at radius 3 is 2.00 bits per heavy atom. The molecule has 0 bridgehead atoms. The van der Waals surface area contributed by atoms with E-state index in [4.69, 9.17) is 4.74 Å². The number of hydrogen-bond acceptors (Lipinski definition) is 6. The normalized spacial score (nSPS) is 9.95. The van der Waals surface area contributed by atoms with Gasteiger partial charge in [0.2, 0.25) is 0 Å². The average molecular weight is 289 g/mol. The number of rotatable bonds is 5. The molecular formula is C13H11N3O5. The molecule has 0 amide bonds. The smallest absolute Gasteiger partial charge is 0.348 e. The summed E-state index contributed by atoms with van der Waals surface area (Å²) < 4.78 is 5.02. The molecule has 0 radical (unpaired) electrons. The highest BCUT2D eigenvalue weighted by atomic mass is 16.6. The first-order valence-corrected chi connectivity index (χ1v) is 5.85.